The first-order valence-electron chi connectivity index (χ1n) is 12.3. The average Bonchev–Trinajstić information content (AvgIpc) is 3.28. The van der Waals surface area contributed by atoms with Gasteiger partial charge in [0.2, 0.25) is 5.91 Å². The van der Waals surface area contributed by atoms with Crippen LogP contribution >= 0.6 is 11.6 Å². The van der Waals surface area contributed by atoms with Gasteiger partial charge in [-0.1, -0.05) is 48.0 Å². The summed E-state index contributed by atoms with van der Waals surface area (Å²) in [4.78, 5) is 37.8. The first-order chi connectivity index (χ1) is 19.3. The number of aromatic hydroxyl groups is 1. The number of halogens is 1. The predicted molar refractivity (Wildman–Crippen MR) is 151 cm³/mol. The number of hydrogen-bond donors (Lipinski definition) is 2. The van der Waals surface area contributed by atoms with Crippen molar-refractivity contribution in [3.8, 4) is 28.3 Å². The summed E-state index contributed by atoms with van der Waals surface area (Å²) in [6.07, 6.45) is -0.0609. The summed E-state index contributed by atoms with van der Waals surface area (Å²) in [5.74, 6) is -1.26. The number of phenols is 1. The number of nitrogens with zero attached hydrogens (tertiary/aromatic N) is 1. The molecule has 4 aromatic rings. The molecule has 0 radical (unpaired) electrons. The van der Waals surface area contributed by atoms with Crippen molar-refractivity contribution in [2.45, 2.75) is 13.3 Å². The molecule has 0 aliphatic carbocycles. The number of ether oxygens (including phenoxy) is 3. The van der Waals surface area contributed by atoms with Crippen LogP contribution in [0, 0.1) is 0 Å². The van der Waals surface area contributed by atoms with Crippen LogP contribution in [0.4, 0.5) is 5.69 Å². The number of anilines is 1. The molecule has 0 fully saturated rings. The highest BCUT2D eigenvalue weighted by atomic mass is 35.5. The fourth-order valence-corrected chi connectivity index (χ4v) is 4.53. The Bertz CT molecular complexity index is 1560. The third kappa shape index (κ3) is 5.94. The molecule has 0 spiro atoms. The van der Waals surface area contributed by atoms with Gasteiger partial charge in [-0.25, -0.2) is 9.59 Å². The van der Waals surface area contributed by atoms with Gasteiger partial charge in [0.05, 0.1) is 38.5 Å². The molecule has 1 aromatic heterocycles. The van der Waals surface area contributed by atoms with E-state index in [9.17, 15) is 19.5 Å². The minimum Gasteiger partial charge on any atom is -0.504 e. The van der Waals surface area contributed by atoms with E-state index in [1.54, 1.807) is 73.7 Å². The SMILES string of the molecule is CCOC(=O)c1c(NC(=O)Cc2cccc(C(=O)OC)c2)cc(Cl)n1-c1ccc(-c2cccc(OC)c2O)cc1. The van der Waals surface area contributed by atoms with Crippen LogP contribution in [0.25, 0.3) is 16.8 Å². The van der Waals surface area contributed by atoms with E-state index in [0.29, 0.717) is 33.7 Å². The van der Waals surface area contributed by atoms with Crippen LogP contribution in [0.3, 0.4) is 0 Å². The van der Waals surface area contributed by atoms with E-state index in [1.807, 2.05) is 0 Å². The summed E-state index contributed by atoms with van der Waals surface area (Å²) in [6, 6.07) is 20.2. The van der Waals surface area contributed by atoms with Gasteiger partial charge in [0, 0.05) is 11.3 Å². The third-order valence-electron chi connectivity index (χ3n) is 6.07. The van der Waals surface area contributed by atoms with Crippen molar-refractivity contribution in [3.63, 3.8) is 0 Å². The molecule has 10 heteroatoms. The molecule has 0 aliphatic rings. The van der Waals surface area contributed by atoms with Crippen molar-refractivity contribution in [1.29, 1.82) is 0 Å². The van der Waals surface area contributed by atoms with Crippen molar-refractivity contribution in [2.75, 3.05) is 26.1 Å². The van der Waals surface area contributed by atoms with Crippen LogP contribution in [-0.4, -0.2) is 48.3 Å². The van der Waals surface area contributed by atoms with Gasteiger partial charge in [0.15, 0.2) is 17.2 Å². The molecule has 0 saturated carbocycles. The molecule has 1 heterocycles. The molecule has 0 bridgehead atoms. The lowest BCUT2D eigenvalue weighted by Gasteiger charge is -2.14. The second-order valence-corrected chi connectivity index (χ2v) is 8.99. The molecular weight excluding hydrogens is 536 g/mol. The van der Waals surface area contributed by atoms with Gasteiger partial charge in [-0.3, -0.25) is 9.36 Å². The Balaban J connectivity index is 1.65. The molecular formula is C30H27ClN2O7. The largest absolute Gasteiger partial charge is 0.504 e. The number of amides is 1. The quantitative estimate of drug-likeness (QED) is 0.253. The maximum absolute atomic E-state index is 13.0. The molecule has 2 N–H and O–H groups in total. The van der Waals surface area contributed by atoms with Gasteiger partial charge in [-0.05, 0) is 54.4 Å². The zero-order valence-electron chi connectivity index (χ0n) is 22.1. The maximum atomic E-state index is 13.0. The molecule has 206 valence electrons. The second-order valence-electron chi connectivity index (χ2n) is 8.61. The summed E-state index contributed by atoms with van der Waals surface area (Å²) < 4.78 is 16.7. The van der Waals surface area contributed by atoms with Crippen LogP contribution < -0.4 is 10.1 Å². The van der Waals surface area contributed by atoms with Crippen LogP contribution in [0.15, 0.2) is 72.8 Å². The highest BCUT2D eigenvalue weighted by molar-refractivity contribution is 6.31. The Labute approximate surface area is 235 Å². The Kier molecular flexibility index (Phi) is 8.76. The zero-order valence-corrected chi connectivity index (χ0v) is 22.8. The fraction of sp³-hybridized carbons (Fsp3) is 0.167. The van der Waals surface area contributed by atoms with E-state index in [2.05, 4.69) is 5.32 Å². The lowest BCUT2D eigenvalue weighted by Crippen LogP contribution is -2.19. The molecule has 0 saturated heterocycles. The summed E-state index contributed by atoms with van der Waals surface area (Å²) in [5.41, 5.74) is 2.93. The number of methoxy groups -OCH3 is 2. The Hall–Kier alpha value is -4.76. The minimum atomic E-state index is -0.674. The second kappa shape index (κ2) is 12.4. The zero-order chi connectivity index (χ0) is 28.8. The lowest BCUT2D eigenvalue weighted by molar-refractivity contribution is -0.115. The van der Waals surface area contributed by atoms with Crippen molar-refractivity contribution < 1.29 is 33.7 Å². The highest BCUT2D eigenvalue weighted by Gasteiger charge is 2.25. The number of benzene rings is 3. The van der Waals surface area contributed by atoms with Gasteiger partial charge < -0.3 is 24.6 Å². The Morgan fingerprint density at radius 1 is 0.950 bits per heavy atom. The molecule has 0 unspecified atom stereocenters. The van der Waals surface area contributed by atoms with E-state index >= 15 is 0 Å². The summed E-state index contributed by atoms with van der Waals surface area (Å²) in [5, 5.41) is 13.4. The van der Waals surface area contributed by atoms with Crippen molar-refractivity contribution in [1.82, 2.24) is 4.57 Å². The van der Waals surface area contributed by atoms with E-state index < -0.39 is 17.8 Å². The number of aromatic nitrogens is 1. The van der Waals surface area contributed by atoms with E-state index in [-0.39, 0.29) is 35.3 Å². The summed E-state index contributed by atoms with van der Waals surface area (Å²) in [6.45, 7) is 1.79. The molecule has 1 amide bonds. The molecule has 40 heavy (non-hydrogen) atoms. The topological polar surface area (TPSA) is 116 Å². The van der Waals surface area contributed by atoms with E-state index in [4.69, 9.17) is 25.8 Å². The molecule has 3 aromatic carbocycles. The standard InChI is InChI=1S/C30H27ClN2O7/c1-4-40-30(37)27-23(32-26(34)16-18-7-5-8-20(15-18)29(36)39-3)17-25(31)33(27)21-13-11-19(12-14-21)22-9-6-10-24(38-2)28(22)35/h5-15,17,35H,4,16H2,1-3H3,(H,32,34). The first kappa shape index (κ1) is 28.3. The third-order valence-corrected chi connectivity index (χ3v) is 6.34. The van der Waals surface area contributed by atoms with Crippen LogP contribution in [0.2, 0.25) is 5.15 Å². The smallest absolute Gasteiger partial charge is 0.357 e. The number of carbonyl (C=O) groups is 3. The number of carbonyl (C=O) groups excluding carboxylic acids is 3. The number of nitrogens with one attached hydrogen (secondary N) is 1. The highest BCUT2D eigenvalue weighted by Crippen LogP contribution is 2.37. The van der Waals surface area contributed by atoms with Crippen molar-refractivity contribution in [3.05, 3.63) is 94.8 Å². The van der Waals surface area contributed by atoms with Gasteiger partial charge in [0.25, 0.3) is 0 Å². The Morgan fingerprint density at radius 2 is 1.68 bits per heavy atom. The first-order valence-corrected chi connectivity index (χ1v) is 12.7. The van der Waals surface area contributed by atoms with Gasteiger partial charge in [-0.15, -0.1) is 0 Å². The molecule has 0 atom stereocenters. The number of phenolic OH excluding ortho intramolecular Hbond substituents is 1. The monoisotopic (exact) mass is 562 g/mol. The van der Waals surface area contributed by atoms with Gasteiger partial charge >= 0.3 is 11.9 Å². The van der Waals surface area contributed by atoms with Crippen LogP contribution in [0.1, 0.15) is 33.3 Å². The minimum absolute atomic E-state index is 0.00563. The van der Waals surface area contributed by atoms with Crippen LogP contribution in [0.5, 0.6) is 11.5 Å². The van der Waals surface area contributed by atoms with Crippen molar-refractivity contribution in [2.24, 2.45) is 0 Å². The number of esters is 2. The fourth-order valence-electron chi connectivity index (χ4n) is 4.24. The van der Waals surface area contributed by atoms with Crippen molar-refractivity contribution >= 4 is 35.1 Å². The summed E-state index contributed by atoms with van der Waals surface area (Å²) >= 11 is 6.56. The van der Waals surface area contributed by atoms with Gasteiger partial charge in [0.1, 0.15) is 5.15 Å². The molecule has 0 aliphatic heterocycles. The van der Waals surface area contributed by atoms with Crippen LogP contribution in [-0.2, 0) is 20.7 Å². The lowest BCUT2D eigenvalue weighted by atomic mass is 10.0. The van der Waals surface area contributed by atoms with E-state index in [0.717, 1.165) is 0 Å². The van der Waals surface area contributed by atoms with E-state index in [1.165, 1.54) is 24.9 Å². The normalized spacial score (nSPS) is 10.6. The maximum Gasteiger partial charge on any atom is 0.357 e. The summed E-state index contributed by atoms with van der Waals surface area (Å²) in [7, 11) is 2.76. The van der Waals surface area contributed by atoms with Gasteiger partial charge in [-0.2, -0.15) is 0 Å². The molecule has 4 rings (SSSR count). The number of hydrogen-bond acceptors (Lipinski definition) is 7. The Morgan fingerprint density at radius 3 is 2.35 bits per heavy atom. The predicted octanol–water partition coefficient (Wildman–Crippen LogP) is 5.66. The number of rotatable bonds is 9. The number of para-hydroxylation sites is 1. The average molecular weight is 563 g/mol. The molecule has 9 nitrogen and oxygen atoms in total.